The second-order valence-corrected chi connectivity index (χ2v) is 36.8. The van der Waals surface area contributed by atoms with Crippen LogP contribution in [0.15, 0.2) is 88.8 Å². The number of piperidine rings is 1. The number of likely N-dealkylation sites (N-methyl/N-ethyl adjacent to an activating group) is 2. The third-order valence-corrected chi connectivity index (χ3v) is 28.2. The van der Waals surface area contributed by atoms with Gasteiger partial charge in [-0.1, -0.05) is 65.8 Å². The number of nitrogens with two attached hydrogens (primary N) is 3. The Morgan fingerprint density at radius 3 is 2.04 bits per heavy atom. The molecule has 16 atom stereocenters. The normalized spacial score (nSPS) is 23.8. The Hall–Kier alpha value is -12.6. The Kier molecular flexibility index (Phi) is 32.6. The smallest absolute Gasteiger partial charge is 0.327 e. The minimum atomic E-state index is -2.51. The van der Waals surface area contributed by atoms with E-state index < -0.39 is 184 Å². The highest BCUT2D eigenvalue weighted by atomic mass is 33.1. The van der Waals surface area contributed by atoms with Gasteiger partial charge in [0.15, 0.2) is 28.5 Å². The second kappa shape index (κ2) is 43.0. The first-order chi connectivity index (χ1) is 63.1. The lowest BCUT2D eigenvalue weighted by atomic mass is 9.47. The van der Waals surface area contributed by atoms with Gasteiger partial charge in [0.05, 0.1) is 75.6 Å². The van der Waals surface area contributed by atoms with Crippen LogP contribution in [0.2, 0.25) is 0 Å². The number of hydrogen-bond donors (Lipinski definition) is 21. The van der Waals surface area contributed by atoms with Crippen LogP contribution in [0.3, 0.4) is 0 Å². The summed E-state index contributed by atoms with van der Waals surface area (Å²) in [6, 6.07) is 7.41. The van der Waals surface area contributed by atoms with E-state index in [0.29, 0.717) is 105 Å². The van der Waals surface area contributed by atoms with Crippen LogP contribution in [0.1, 0.15) is 136 Å². The zero-order valence-electron chi connectivity index (χ0n) is 74.3. The van der Waals surface area contributed by atoms with Crippen LogP contribution < -0.4 is 74.9 Å². The first-order valence-electron chi connectivity index (χ1n) is 43.3. The van der Waals surface area contributed by atoms with Crippen LogP contribution in [0, 0.1) is 11.3 Å². The summed E-state index contributed by atoms with van der Waals surface area (Å²) in [6.45, 7) is 8.15. The zero-order chi connectivity index (χ0) is 96.9. The van der Waals surface area contributed by atoms with Crippen molar-refractivity contribution in [3.05, 3.63) is 123 Å². The highest BCUT2D eigenvalue weighted by Crippen LogP contribution is 2.68. The highest BCUT2D eigenvalue weighted by Gasteiger charge is 2.79. The summed E-state index contributed by atoms with van der Waals surface area (Å²) >= 11 is 0. The van der Waals surface area contributed by atoms with Gasteiger partial charge in [0.25, 0.3) is 17.4 Å². The highest BCUT2D eigenvalue weighted by molar-refractivity contribution is 8.76. The molecule has 718 valence electrons. The minimum Gasteiger partial charge on any atom is -0.496 e. The average molecular weight is 1890 g/mol. The van der Waals surface area contributed by atoms with Crippen molar-refractivity contribution in [2.45, 2.75) is 187 Å². The second-order valence-electron chi connectivity index (χ2n) is 34.1. The number of carbonyl (C=O) groups is 13. The summed E-state index contributed by atoms with van der Waals surface area (Å²) in [5.74, 6) is -14.1. The van der Waals surface area contributed by atoms with Crippen molar-refractivity contribution < 1.29 is 113 Å². The number of aliphatic hydroxyl groups excluding tert-OH is 1. The number of Topliss-reactive ketones (excluding diaryl/α,β-unsaturated/α-hetero) is 1. The SMILES string of the molecule is CC(=O)[C@H](CC(=O)O)NC(=O)CC[C@H](NC(=O)c1ccc(NCc2cnc3nc(N)[nH]c(=O)c3n2)cc1)C(=O)O.CC[C@]1(O)C[C@H]2CN(CCc3c([nH]c4ccccc34)[C@@](C(=O)OC)(c3cc4c(cc3OC)N(C)[C@H]3[C@@](O)(C(=O)NCCSSC[C@H](NC(=O)[C@H](CC(=O)O)NC(=O)[C@H](CC(=O)O)NC(=O)[C@H](CCCN=C(N)N)NC)C(=O)O)[C@H](O)[C@]5(CC)C=CCN6CC[C@]43[C@@H]65)C2)C1. The lowest BCUT2D eigenvalue weighted by Gasteiger charge is -2.63. The van der Waals surface area contributed by atoms with Gasteiger partial charge in [0.1, 0.15) is 41.4 Å². The lowest BCUT2D eigenvalue weighted by Crippen LogP contribution is -2.81. The maximum absolute atomic E-state index is 15.6. The van der Waals surface area contributed by atoms with E-state index in [1.54, 1.807) is 26.3 Å². The molecule has 3 aromatic carbocycles. The molecule has 3 fully saturated rings. The predicted octanol–water partition coefficient (Wildman–Crippen LogP) is -0.706. The van der Waals surface area contributed by atoms with Gasteiger partial charge >= 0.3 is 35.8 Å². The molecular weight excluding hydrogens is 1770 g/mol. The van der Waals surface area contributed by atoms with Crippen molar-refractivity contribution in [2.75, 3.05) is 102 Å². The summed E-state index contributed by atoms with van der Waals surface area (Å²) in [5.41, 5.74) is 14.1. The summed E-state index contributed by atoms with van der Waals surface area (Å²) in [7, 11) is 8.25. The molecule has 3 aromatic heterocycles. The van der Waals surface area contributed by atoms with Gasteiger partial charge in [-0.05, 0) is 132 Å². The number of aromatic nitrogens is 5. The third-order valence-electron chi connectivity index (χ3n) is 25.8. The topological polar surface area (TPSA) is 686 Å². The number of carboxylic acids is 5. The number of aliphatic carboxylic acids is 5. The number of benzene rings is 3. The number of H-pyrrole nitrogens is 2. The van der Waals surface area contributed by atoms with Gasteiger partial charge in [-0.15, -0.1) is 0 Å². The molecule has 24 N–H and O–H groups in total. The van der Waals surface area contributed by atoms with Gasteiger partial charge in [0.2, 0.25) is 29.6 Å². The number of guanidine groups is 1. The summed E-state index contributed by atoms with van der Waals surface area (Å²) < 4.78 is 12.4. The number of nitrogens with zero attached hydrogens (tertiary/aromatic N) is 7. The maximum Gasteiger partial charge on any atom is 0.327 e. The van der Waals surface area contributed by atoms with Gasteiger partial charge in [-0.2, -0.15) is 4.98 Å². The van der Waals surface area contributed by atoms with Gasteiger partial charge < -0.3 is 120 Å². The Labute approximate surface area is 770 Å². The first-order valence-corrected chi connectivity index (χ1v) is 45.8. The van der Waals surface area contributed by atoms with Crippen LogP contribution in [-0.2, 0) is 86.1 Å². The average Bonchev–Trinajstić information content (AvgIpc) is 1.48. The number of carbonyl (C=O) groups excluding carboxylic acids is 8. The van der Waals surface area contributed by atoms with Gasteiger partial charge in [0, 0.05) is 126 Å². The number of fused-ring (bicyclic) bond motifs is 7. The molecule has 46 heteroatoms. The number of aliphatic imine (C=N–C) groups is 1. The van der Waals surface area contributed by atoms with E-state index in [1.807, 2.05) is 67.3 Å². The number of methoxy groups -OCH3 is 2. The van der Waals surface area contributed by atoms with Crippen molar-refractivity contribution in [3.63, 3.8) is 0 Å². The molecule has 5 aliphatic heterocycles. The molecule has 1 unspecified atom stereocenters. The number of para-hydroxylation sites is 1. The van der Waals surface area contributed by atoms with Crippen molar-refractivity contribution in [2.24, 2.45) is 27.8 Å². The first kappa shape index (κ1) is 101. The number of rotatable bonds is 41. The van der Waals surface area contributed by atoms with Crippen LogP contribution >= 0.6 is 21.6 Å². The van der Waals surface area contributed by atoms with E-state index in [4.69, 9.17) is 31.8 Å². The number of amides is 6. The Morgan fingerprint density at radius 2 is 1.41 bits per heavy atom. The third kappa shape index (κ3) is 21.9. The summed E-state index contributed by atoms with van der Waals surface area (Å²) in [4.78, 5) is 207. The molecule has 133 heavy (non-hydrogen) atoms. The number of carboxylic acid groups (broad SMARTS) is 5. The van der Waals surface area contributed by atoms with Crippen LogP contribution in [0.5, 0.6) is 5.75 Å². The number of anilines is 3. The molecule has 6 amide bonds. The van der Waals surface area contributed by atoms with E-state index in [9.17, 15) is 93.3 Å². The Balaban J connectivity index is 0.000000355. The zero-order valence-corrected chi connectivity index (χ0v) is 76.0. The number of esters is 1. The molecule has 44 nitrogen and oxygen atoms in total. The fourth-order valence-corrected chi connectivity index (χ4v) is 21.8. The number of ether oxygens (including phenoxy) is 2. The van der Waals surface area contributed by atoms with Crippen molar-refractivity contribution in [3.8, 4) is 5.75 Å². The Bertz CT molecular complexity index is 5550. The molecule has 1 saturated carbocycles. The fraction of sp³-hybridized carbons (Fsp3) is 0.517. The molecule has 6 aromatic rings. The number of aromatic amines is 2. The van der Waals surface area contributed by atoms with Gasteiger partial charge in [-0.3, -0.25) is 77.3 Å². The fourth-order valence-electron chi connectivity index (χ4n) is 19.7. The molecule has 2 bridgehead atoms. The molecule has 2 saturated heterocycles. The number of nitrogens with one attached hydrogen (secondary N) is 10. The van der Waals surface area contributed by atoms with E-state index >= 15 is 9.59 Å². The maximum atomic E-state index is 15.6. The van der Waals surface area contributed by atoms with Crippen LogP contribution in [0.25, 0.3) is 22.1 Å². The van der Waals surface area contributed by atoms with Gasteiger partial charge in [-0.25, -0.2) is 19.6 Å². The molecule has 6 aliphatic rings. The molecule has 1 spiro atoms. The quantitative estimate of drug-likeness (QED) is 0.00563. The van der Waals surface area contributed by atoms with E-state index in [2.05, 4.69) is 82.2 Å². The largest absolute Gasteiger partial charge is 0.496 e. The number of aliphatic hydroxyl groups is 3. The number of hydrogen-bond acceptors (Lipinski definition) is 31. The molecular formula is C87H114N20O24S2. The molecule has 8 heterocycles. The van der Waals surface area contributed by atoms with E-state index in [-0.39, 0.29) is 91.4 Å². The van der Waals surface area contributed by atoms with Crippen LogP contribution in [0.4, 0.5) is 17.3 Å². The van der Waals surface area contributed by atoms with E-state index in [0.717, 1.165) is 50.5 Å². The van der Waals surface area contributed by atoms with Crippen molar-refractivity contribution in [1.29, 1.82) is 0 Å². The lowest BCUT2D eigenvalue weighted by molar-refractivity contribution is -0.203. The van der Waals surface area contributed by atoms with E-state index in [1.165, 1.54) is 32.5 Å². The molecule has 0 radical (unpaired) electrons. The number of nitrogen functional groups attached to an aromatic ring is 1. The van der Waals surface area contributed by atoms with Crippen LogP contribution in [-0.4, -0.2) is 310 Å². The molecule has 1 aliphatic carbocycles. The molecule has 12 rings (SSSR count). The Morgan fingerprint density at radius 1 is 0.752 bits per heavy atom. The summed E-state index contributed by atoms with van der Waals surface area (Å²) in [6.07, 6.45) is 3.42. The standard InChI is InChI=1S/C63H88N12O16S2.C24H26N8O8/c1-7-59(88)29-34-30-62(57(87)91-6,48-36(16-22-74(31-34)33-59)35-13-9-10-14-39(35)69-48)38-25-37-44(28-45(38)90-5)73(4)54-61(37)18-23-75-21-12-17-60(8-2,53(61)75)55(85)63(54,89)56(86)67-20-24-92-93-32-43(52(83)84)72-51(82)42(27-47(78)79)71-50(81)41(26-46(76)77)70-49(80)40(66-3)15-11-19-68-58(64)65;1-11(33)16(8-18(35)36)29-17(34)7-6-15(23(39)40)30-21(37)12-2-4-13(5-3-12)26-9-14-10-27-20-19(28-14)22(38)32-24(25)31-20/h9-10,12-14,17,25,28,34,40-43,53-55,66,69,85,88-89H,7-8,11,15-16,18-24,26-27,29-33H2,1-6H3,(H,67,86)(H,70,80)(H,71,81)(H,72,82)(H,76,77)(H,78,79)(H,83,84)(H4,64,65,68);2-5,10,15-16,26H,6-9H2,1H3,(H,29,34)(H,30,37)(H,35,36)(H,39,40)(H3,25,27,31,32,38)/t34-,40+,41+,42+,43+,53+,54-,55-,59+,60-,61-,62+,63+;15-,16-/m10/s1. The van der Waals surface area contributed by atoms with Crippen molar-refractivity contribution >= 4 is 144 Å². The van der Waals surface area contributed by atoms with Crippen molar-refractivity contribution in [1.82, 2.24) is 71.9 Å². The predicted molar refractivity (Wildman–Crippen MR) is 487 cm³/mol. The monoisotopic (exact) mass is 1890 g/mol. The summed E-state index contributed by atoms with van der Waals surface area (Å²) in [5, 5.41) is 108. The minimum absolute atomic E-state index is 0.0323. The number of ketones is 1.